The summed E-state index contributed by atoms with van der Waals surface area (Å²) < 4.78 is 147. The van der Waals surface area contributed by atoms with E-state index in [0.29, 0.717) is 34.1 Å². The van der Waals surface area contributed by atoms with Crippen molar-refractivity contribution in [3.8, 4) is 89.0 Å². The van der Waals surface area contributed by atoms with Crippen LogP contribution in [0.25, 0.3) is 154 Å². The quantitative estimate of drug-likeness (QED) is 0.0557. The van der Waals surface area contributed by atoms with Crippen molar-refractivity contribution in [3.05, 3.63) is 531 Å². The highest BCUT2D eigenvalue weighted by molar-refractivity contribution is 6.30. The lowest BCUT2D eigenvalue weighted by atomic mass is 9.91. The van der Waals surface area contributed by atoms with Gasteiger partial charge in [-0.1, -0.05) is 302 Å². The summed E-state index contributed by atoms with van der Waals surface area (Å²) in [6.07, 6.45) is -9.08. The van der Waals surface area contributed by atoms with Gasteiger partial charge in [-0.3, -0.25) is 0 Å². The summed E-state index contributed by atoms with van der Waals surface area (Å²) in [6, 6.07) is 152. The van der Waals surface area contributed by atoms with E-state index in [-0.39, 0.29) is 11.6 Å². The van der Waals surface area contributed by atoms with Crippen LogP contribution in [0.15, 0.2) is 485 Å². The lowest BCUT2D eigenvalue weighted by Gasteiger charge is -2.30. The topological polar surface area (TPSA) is 13.0 Å². The molecule has 0 N–H and O–H groups in total. The fraction of sp³-hybridized carbons (Fsp3) is 0.0303. The first kappa shape index (κ1) is 91.6. The molecular formula is C132H86F10N4. The van der Waals surface area contributed by atoms with Gasteiger partial charge in [0.15, 0.2) is 0 Å². The smallest absolute Gasteiger partial charge is 0.310 e. The van der Waals surface area contributed by atoms with Crippen LogP contribution >= 0.6 is 0 Å². The first-order chi connectivity index (χ1) is 71.1. The van der Waals surface area contributed by atoms with Crippen LogP contribution < -0.4 is 19.6 Å². The van der Waals surface area contributed by atoms with Gasteiger partial charge in [0, 0.05) is 55.7 Å². The zero-order chi connectivity index (χ0) is 99.6. The number of alkyl halides is 6. The highest BCUT2D eigenvalue weighted by Crippen LogP contribution is 2.55. The molecule has 0 fully saturated rings. The monoisotopic (exact) mass is 1920 g/mol. The first-order valence-electron chi connectivity index (χ1n) is 48.0. The number of hydrogen-bond acceptors (Lipinski definition) is 4. The molecule has 0 aromatic heterocycles. The Labute approximate surface area is 837 Å². The Morgan fingerprint density at radius 3 is 0.623 bits per heavy atom. The summed E-state index contributed by atoms with van der Waals surface area (Å²) in [6.45, 7) is 4.08. The molecule has 0 aliphatic carbocycles. The fourth-order valence-corrected chi connectivity index (χ4v) is 20.4. The van der Waals surface area contributed by atoms with Gasteiger partial charge >= 0.3 is 12.4 Å². The maximum atomic E-state index is 16.6. The molecule has 0 aliphatic heterocycles. The van der Waals surface area contributed by atoms with Crippen LogP contribution in [0.2, 0.25) is 0 Å². The molecule has 0 spiro atoms. The molecule has 24 rings (SSSR count). The predicted molar refractivity (Wildman–Crippen MR) is 582 cm³/mol. The number of benzene rings is 24. The van der Waals surface area contributed by atoms with Crippen LogP contribution in [0, 0.1) is 37.1 Å². The minimum Gasteiger partial charge on any atom is -0.310 e. The molecule has 0 amide bonds. The van der Waals surface area contributed by atoms with Crippen molar-refractivity contribution in [2.75, 3.05) is 19.6 Å². The Balaban J connectivity index is 0.000000162. The van der Waals surface area contributed by atoms with Crippen LogP contribution in [0.1, 0.15) is 22.3 Å². The van der Waals surface area contributed by atoms with Crippen LogP contribution in [0.4, 0.5) is 112 Å². The number of aryl methyl sites for hydroxylation is 2. The Morgan fingerprint density at radius 1 is 0.164 bits per heavy atom. The van der Waals surface area contributed by atoms with Gasteiger partial charge in [0.2, 0.25) is 0 Å². The molecule has 24 aromatic rings. The zero-order valence-corrected chi connectivity index (χ0v) is 78.8. The van der Waals surface area contributed by atoms with E-state index in [9.17, 15) is 35.1 Å². The molecule has 24 aromatic carbocycles. The van der Waals surface area contributed by atoms with E-state index < -0.39 is 35.1 Å². The van der Waals surface area contributed by atoms with E-state index in [0.717, 1.165) is 223 Å². The van der Waals surface area contributed by atoms with Gasteiger partial charge < -0.3 is 19.6 Å². The van der Waals surface area contributed by atoms with Crippen LogP contribution in [0.3, 0.4) is 0 Å². The van der Waals surface area contributed by atoms with Crippen molar-refractivity contribution in [2.24, 2.45) is 0 Å². The van der Waals surface area contributed by atoms with Crippen LogP contribution in [0.5, 0.6) is 0 Å². The maximum Gasteiger partial charge on any atom is 0.416 e. The third kappa shape index (κ3) is 17.8. The summed E-state index contributed by atoms with van der Waals surface area (Å²) in [5.74, 6) is -1.47. The van der Waals surface area contributed by atoms with Gasteiger partial charge in [-0.2, -0.15) is 26.3 Å². The molecule has 146 heavy (non-hydrogen) atoms. The van der Waals surface area contributed by atoms with Crippen molar-refractivity contribution in [3.63, 3.8) is 0 Å². The van der Waals surface area contributed by atoms with Crippen LogP contribution in [-0.2, 0) is 12.4 Å². The number of rotatable bonds is 20. The Morgan fingerprint density at radius 2 is 0.377 bits per heavy atom. The molecule has 0 radical (unpaired) electrons. The molecule has 14 heteroatoms. The lowest BCUT2D eigenvalue weighted by Crippen LogP contribution is -2.13. The van der Waals surface area contributed by atoms with Gasteiger partial charge in [-0.05, 0) is 340 Å². The fourth-order valence-electron chi connectivity index (χ4n) is 20.4. The Bertz CT molecular complexity index is 8460. The van der Waals surface area contributed by atoms with Crippen molar-refractivity contribution >= 4 is 133 Å². The second-order valence-corrected chi connectivity index (χ2v) is 36.8. The molecule has 0 atom stereocenters. The minimum atomic E-state index is -4.54. The molecule has 0 saturated heterocycles. The van der Waals surface area contributed by atoms with Crippen molar-refractivity contribution < 1.29 is 43.9 Å². The molecule has 0 heterocycles. The average molecular weight is 1920 g/mol. The third-order valence-corrected chi connectivity index (χ3v) is 27.6. The summed E-state index contributed by atoms with van der Waals surface area (Å²) in [5.41, 5.74) is 23.1. The maximum absolute atomic E-state index is 16.6. The second kappa shape index (κ2) is 38.0. The van der Waals surface area contributed by atoms with E-state index in [1.807, 2.05) is 215 Å². The highest BCUT2D eigenvalue weighted by atomic mass is 19.4. The molecule has 0 aliphatic rings. The first-order valence-corrected chi connectivity index (χ1v) is 48.0. The number of halogens is 10. The normalized spacial score (nSPS) is 11.7. The number of anilines is 12. The number of para-hydroxylation sites is 2. The Hall–Kier alpha value is -18.1. The predicted octanol–water partition coefficient (Wildman–Crippen LogP) is 39.6. The van der Waals surface area contributed by atoms with Gasteiger partial charge in [-0.15, -0.1) is 0 Å². The molecular weight excluding hydrogens is 1830 g/mol. The Kier molecular flexibility index (Phi) is 23.9. The van der Waals surface area contributed by atoms with Gasteiger partial charge in [-0.25, -0.2) is 17.6 Å². The highest BCUT2D eigenvalue weighted by Gasteiger charge is 2.34. The molecule has 0 saturated carbocycles. The SMILES string of the molecule is Cc1ccc(-c2cc(-c3ccccc3)cc(N(c3ccc(C(F)(F)F)cc3)c3ccc4ccc5c(N(c6ccc(C(F)(F)F)cc6)c6cc(-c7ccccc7)cc(-c7ccc(C)cc7)c6)ccc6ccc3c4c65)c2)cc1.Fc1ccc(-c2cc(-c3ccccc3)cc(N(c3ccccc3F)c3ccc4ccc5c(N(c6cc(-c7ccccc7)cc(-c7ccc(F)cc7)c6)c6ccccc6F)ccc6ccc3c4c65)c2)cc1. The minimum absolute atomic E-state index is 0.333. The molecule has 0 unspecified atom stereocenters. The zero-order valence-electron chi connectivity index (χ0n) is 78.8. The summed E-state index contributed by atoms with van der Waals surface area (Å²) >= 11 is 0. The number of nitrogens with zero attached hydrogens (tertiary/aromatic N) is 4. The van der Waals surface area contributed by atoms with Crippen molar-refractivity contribution in [1.29, 1.82) is 0 Å². The molecule has 704 valence electrons. The van der Waals surface area contributed by atoms with E-state index in [4.69, 9.17) is 0 Å². The van der Waals surface area contributed by atoms with Crippen molar-refractivity contribution in [1.82, 2.24) is 0 Å². The average Bonchev–Trinajstić information content (AvgIpc) is 0.719. The molecule has 4 nitrogen and oxygen atoms in total. The van der Waals surface area contributed by atoms with E-state index >= 15 is 8.78 Å². The lowest BCUT2D eigenvalue weighted by molar-refractivity contribution is -0.138. The summed E-state index contributed by atoms with van der Waals surface area (Å²) in [5, 5.41) is 11.1. The summed E-state index contributed by atoms with van der Waals surface area (Å²) in [7, 11) is 0. The third-order valence-electron chi connectivity index (χ3n) is 27.6. The van der Waals surface area contributed by atoms with E-state index in [2.05, 4.69) is 170 Å². The van der Waals surface area contributed by atoms with Crippen molar-refractivity contribution in [2.45, 2.75) is 26.2 Å². The standard InChI is InChI=1S/C68H46F6N2.C64H40F4N2/c1-43-13-17-47(18-14-43)53-37-51(45-9-5-3-6-10-45)39-59(41-53)75(57-29-25-55(26-30-57)67(69,70)71)63-35-23-49-22-34-62-64(36-24-50-21-33-61(63)65(49)66(50)62)76(58-31-27-56(28-32-58)68(72,73)74)60-40-52(46-11-7-4-8-12-46)38-54(42-60)48-19-15-44(2)16-20-48;65-51-27-19-43(20-28-51)49-35-47(41-11-3-1-4-12-41)37-53(39-49)69(61-17-9-7-15-57(61)67)59-33-25-45-24-32-56-60(34-26-46-23-31-55(59)63(45)64(46)56)70(62-18-10-8-16-58(62)68)54-38-48(42-13-5-2-6-14-42)36-50(40-54)44-21-29-52(66)30-22-44/h3-42H,1-2H3;1-40H. The van der Waals surface area contributed by atoms with E-state index in [1.54, 1.807) is 48.5 Å². The van der Waals surface area contributed by atoms with Crippen LogP contribution in [-0.4, -0.2) is 0 Å². The van der Waals surface area contributed by atoms with Gasteiger partial charge in [0.1, 0.15) is 23.3 Å². The van der Waals surface area contributed by atoms with E-state index in [1.165, 1.54) is 60.7 Å². The summed E-state index contributed by atoms with van der Waals surface area (Å²) in [4.78, 5) is 8.01. The van der Waals surface area contributed by atoms with Gasteiger partial charge in [0.25, 0.3) is 0 Å². The second-order valence-electron chi connectivity index (χ2n) is 36.8. The number of hydrogen-bond donors (Lipinski definition) is 0. The largest absolute Gasteiger partial charge is 0.416 e. The molecule has 0 bridgehead atoms. The van der Waals surface area contributed by atoms with Gasteiger partial charge in [0.05, 0.1) is 45.3 Å².